The van der Waals surface area contributed by atoms with Crippen molar-refractivity contribution in [2.24, 2.45) is 11.8 Å². The minimum atomic E-state index is 0.0793. The van der Waals surface area contributed by atoms with E-state index >= 15 is 0 Å². The summed E-state index contributed by atoms with van der Waals surface area (Å²) in [5, 5.41) is 4.07. The molecule has 2 fully saturated rings. The van der Waals surface area contributed by atoms with Gasteiger partial charge < -0.3 is 14.2 Å². The number of hydrogen-bond donors (Lipinski definition) is 0. The molecule has 0 unspecified atom stereocenters. The van der Waals surface area contributed by atoms with Gasteiger partial charge in [0.15, 0.2) is 0 Å². The molecular weight excluding hydrogens is 282 g/mol. The third-order valence-corrected chi connectivity index (χ3v) is 4.77. The van der Waals surface area contributed by atoms with E-state index < -0.39 is 0 Å². The van der Waals surface area contributed by atoms with Gasteiger partial charge in [0.1, 0.15) is 5.76 Å². The number of fused-ring (bicyclic) bond motifs is 1. The number of aromatic nitrogens is 1. The number of piperidine rings is 1. The van der Waals surface area contributed by atoms with Gasteiger partial charge in [-0.1, -0.05) is 5.16 Å². The third-order valence-electron chi connectivity index (χ3n) is 4.77. The van der Waals surface area contributed by atoms with Gasteiger partial charge >= 0.3 is 0 Å². The highest BCUT2D eigenvalue weighted by molar-refractivity contribution is 5.78. The van der Waals surface area contributed by atoms with E-state index in [9.17, 15) is 4.79 Å². The minimum absolute atomic E-state index is 0.0793. The number of amides is 1. The molecule has 0 aromatic carbocycles. The summed E-state index contributed by atoms with van der Waals surface area (Å²) >= 11 is 0. The lowest BCUT2D eigenvalue weighted by Gasteiger charge is -2.44. The molecule has 1 aromatic heterocycles. The maximum absolute atomic E-state index is 12.4. The smallest absolute Gasteiger partial charge is 0.225 e. The highest BCUT2D eigenvalue weighted by Crippen LogP contribution is 2.34. The first-order chi connectivity index (χ1) is 10.5. The molecule has 0 radical (unpaired) electrons. The molecular formula is C16H25N3O3. The Morgan fingerprint density at radius 3 is 2.95 bits per heavy atom. The van der Waals surface area contributed by atoms with Crippen molar-refractivity contribution in [3.63, 3.8) is 0 Å². The predicted molar refractivity (Wildman–Crippen MR) is 81.2 cm³/mol. The van der Waals surface area contributed by atoms with E-state index in [1.165, 1.54) is 0 Å². The lowest BCUT2D eigenvalue weighted by atomic mass is 9.78. The molecule has 122 valence electrons. The van der Waals surface area contributed by atoms with Gasteiger partial charge in [0, 0.05) is 58.2 Å². The van der Waals surface area contributed by atoms with Crippen LogP contribution in [0.2, 0.25) is 0 Å². The van der Waals surface area contributed by atoms with Crippen LogP contribution >= 0.6 is 0 Å². The largest absolute Gasteiger partial charge is 0.378 e. The second kappa shape index (κ2) is 6.38. The molecule has 2 saturated heterocycles. The first-order valence-corrected chi connectivity index (χ1v) is 8.02. The molecule has 2 aliphatic rings. The van der Waals surface area contributed by atoms with E-state index in [1.54, 1.807) is 4.90 Å². The molecule has 0 bridgehead atoms. The summed E-state index contributed by atoms with van der Waals surface area (Å²) in [6.07, 6.45) is 2.03. The van der Waals surface area contributed by atoms with Gasteiger partial charge in [-0.15, -0.1) is 0 Å². The number of carbonyl (C=O) groups excluding carboxylic acids is 1. The van der Waals surface area contributed by atoms with Crippen molar-refractivity contribution in [3.8, 4) is 0 Å². The second-order valence-electron chi connectivity index (χ2n) is 6.65. The summed E-state index contributed by atoms with van der Waals surface area (Å²) in [6.45, 7) is 5.26. The number of nitrogens with zero attached hydrogens (tertiary/aromatic N) is 3. The van der Waals surface area contributed by atoms with Crippen molar-refractivity contribution in [2.45, 2.75) is 32.4 Å². The molecule has 22 heavy (non-hydrogen) atoms. The maximum Gasteiger partial charge on any atom is 0.225 e. The Morgan fingerprint density at radius 2 is 2.27 bits per heavy atom. The molecule has 3 heterocycles. The summed E-state index contributed by atoms with van der Waals surface area (Å²) in [4.78, 5) is 16.5. The number of aryl methyl sites for hydroxylation is 1. The van der Waals surface area contributed by atoms with Gasteiger partial charge in [-0.3, -0.25) is 9.69 Å². The van der Waals surface area contributed by atoms with Gasteiger partial charge in [-0.2, -0.15) is 0 Å². The summed E-state index contributed by atoms with van der Waals surface area (Å²) in [6, 6.07) is 1.98. The Morgan fingerprint density at radius 1 is 1.45 bits per heavy atom. The second-order valence-corrected chi connectivity index (χ2v) is 6.65. The molecule has 6 heteroatoms. The van der Waals surface area contributed by atoms with Gasteiger partial charge in [0.05, 0.1) is 11.8 Å². The van der Waals surface area contributed by atoms with Gasteiger partial charge in [0.25, 0.3) is 0 Å². The third kappa shape index (κ3) is 3.17. The highest BCUT2D eigenvalue weighted by atomic mass is 16.5. The molecule has 0 spiro atoms. The van der Waals surface area contributed by atoms with Crippen LogP contribution in [0.4, 0.5) is 0 Å². The Labute approximate surface area is 131 Å². The van der Waals surface area contributed by atoms with Crippen LogP contribution in [0.5, 0.6) is 0 Å². The monoisotopic (exact) mass is 307 g/mol. The Balaban J connectivity index is 1.68. The van der Waals surface area contributed by atoms with Gasteiger partial charge in [-0.05, 0) is 19.8 Å². The molecule has 2 aliphatic heterocycles. The summed E-state index contributed by atoms with van der Waals surface area (Å²) < 4.78 is 11.1. The fraction of sp³-hybridized carbons (Fsp3) is 0.750. The minimum Gasteiger partial charge on any atom is -0.378 e. The van der Waals surface area contributed by atoms with Crippen LogP contribution in [-0.4, -0.2) is 60.8 Å². The molecule has 3 rings (SSSR count). The van der Waals surface area contributed by atoms with Crippen LogP contribution in [0.1, 0.15) is 24.3 Å². The van der Waals surface area contributed by atoms with E-state index in [0.717, 1.165) is 43.9 Å². The van der Waals surface area contributed by atoms with Crippen molar-refractivity contribution in [3.05, 3.63) is 17.5 Å². The Bertz CT molecular complexity index is 528. The van der Waals surface area contributed by atoms with Crippen LogP contribution in [-0.2, 0) is 16.1 Å². The summed E-state index contributed by atoms with van der Waals surface area (Å²) in [5.41, 5.74) is 0.961. The SMILES string of the molecule is Cc1cc(CN2CC[C@H]3OCC[C@@H](C(=O)N(C)C)[C@H]3C2)no1. The average molecular weight is 307 g/mol. The average Bonchev–Trinajstić information content (AvgIpc) is 2.91. The highest BCUT2D eigenvalue weighted by Gasteiger charge is 2.42. The molecule has 0 N–H and O–H groups in total. The molecule has 0 aliphatic carbocycles. The number of likely N-dealkylation sites (tertiary alicyclic amines) is 1. The Hall–Kier alpha value is -1.40. The van der Waals surface area contributed by atoms with Crippen molar-refractivity contribution in [2.75, 3.05) is 33.8 Å². The zero-order valence-corrected chi connectivity index (χ0v) is 13.6. The van der Waals surface area contributed by atoms with Crippen LogP contribution in [0.3, 0.4) is 0 Å². The zero-order chi connectivity index (χ0) is 15.7. The maximum atomic E-state index is 12.4. The first-order valence-electron chi connectivity index (χ1n) is 8.02. The lowest BCUT2D eigenvalue weighted by Crippen LogP contribution is -2.53. The topological polar surface area (TPSA) is 58.8 Å². The molecule has 0 saturated carbocycles. The predicted octanol–water partition coefficient (Wildman–Crippen LogP) is 1.30. The van der Waals surface area contributed by atoms with Crippen molar-refractivity contribution in [1.29, 1.82) is 0 Å². The quantitative estimate of drug-likeness (QED) is 0.842. The van der Waals surface area contributed by atoms with Crippen LogP contribution in [0, 0.1) is 18.8 Å². The van der Waals surface area contributed by atoms with Crippen LogP contribution in [0.25, 0.3) is 0 Å². The zero-order valence-electron chi connectivity index (χ0n) is 13.6. The van der Waals surface area contributed by atoms with Gasteiger partial charge in [-0.25, -0.2) is 0 Å². The van der Waals surface area contributed by atoms with Crippen molar-refractivity contribution in [1.82, 2.24) is 15.0 Å². The van der Waals surface area contributed by atoms with E-state index in [2.05, 4.69) is 10.1 Å². The Kier molecular flexibility index (Phi) is 4.49. The number of rotatable bonds is 3. The van der Waals surface area contributed by atoms with Gasteiger partial charge in [0.2, 0.25) is 5.91 Å². The number of carbonyl (C=O) groups is 1. The van der Waals surface area contributed by atoms with Crippen molar-refractivity contribution >= 4 is 5.91 Å². The normalized spacial score (nSPS) is 29.1. The van der Waals surface area contributed by atoms with E-state index in [-0.39, 0.29) is 23.8 Å². The van der Waals surface area contributed by atoms with Crippen molar-refractivity contribution < 1.29 is 14.1 Å². The lowest BCUT2D eigenvalue weighted by molar-refractivity contribution is -0.149. The fourth-order valence-corrected chi connectivity index (χ4v) is 3.69. The molecule has 6 nitrogen and oxygen atoms in total. The summed E-state index contributed by atoms with van der Waals surface area (Å²) in [7, 11) is 3.68. The summed E-state index contributed by atoms with van der Waals surface area (Å²) in [5.74, 6) is 1.44. The van der Waals surface area contributed by atoms with E-state index in [4.69, 9.17) is 9.26 Å². The van der Waals surface area contributed by atoms with Crippen LogP contribution in [0.15, 0.2) is 10.6 Å². The molecule has 3 atom stereocenters. The number of hydrogen-bond acceptors (Lipinski definition) is 5. The van der Waals surface area contributed by atoms with E-state index in [1.807, 2.05) is 27.1 Å². The molecule has 1 amide bonds. The van der Waals surface area contributed by atoms with E-state index in [0.29, 0.717) is 6.61 Å². The molecule has 1 aromatic rings. The fourth-order valence-electron chi connectivity index (χ4n) is 3.69. The number of ether oxygens (including phenoxy) is 1. The van der Waals surface area contributed by atoms with Crippen LogP contribution < -0.4 is 0 Å². The first kappa shape index (κ1) is 15.5. The standard InChI is InChI=1S/C16H25N3O3/c1-11-8-12(17-22-11)9-19-6-4-15-14(10-19)13(5-7-21-15)16(20)18(2)3/h8,13-15H,4-7,9-10H2,1-3H3/t13-,14-,15-/m1/s1.